The lowest BCUT2D eigenvalue weighted by Crippen LogP contribution is -2.49. The topological polar surface area (TPSA) is 47.1 Å². The van der Waals surface area contributed by atoms with Gasteiger partial charge in [-0.05, 0) is 11.1 Å². The minimum Gasteiger partial charge on any atom is -0.340 e. The van der Waals surface area contributed by atoms with E-state index in [2.05, 4.69) is 58.3 Å². The third-order valence-electron chi connectivity index (χ3n) is 6.50. The van der Waals surface area contributed by atoms with Crippen molar-refractivity contribution in [3.63, 3.8) is 0 Å². The maximum atomic E-state index is 12.6. The zero-order valence-electron chi connectivity index (χ0n) is 19.7. The Bertz CT molecular complexity index is 795. The molecule has 0 radical (unpaired) electrons. The minimum atomic E-state index is 0. The summed E-state index contributed by atoms with van der Waals surface area (Å²) in [6.07, 6.45) is 0.642. The first-order chi connectivity index (χ1) is 15.7. The molecule has 6 nitrogen and oxygen atoms in total. The van der Waals surface area contributed by atoms with E-state index in [0.717, 1.165) is 65.4 Å². The van der Waals surface area contributed by atoms with Gasteiger partial charge in [0.25, 0.3) is 0 Å². The summed E-state index contributed by atoms with van der Waals surface area (Å²) in [5, 5.41) is 0. The van der Waals surface area contributed by atoms with Gasteiger partial charge < -0.3 is 9.80 Å². The highest BCUT2D eigenvalue weighted by Crippen LogP contribution is 2.12. The van der Waals surface area contributed by atoms with Crippen LogP contribution in [0.3, 0.4) is 0 Å². The average Bonchev–Trinajstić information content (AvgIpc) is 2.84. The molecule has 2 aliphatic rings. The summed E-state index contributed by atoms with van der Waals surface area (Å²) in [6.45, 7) is 8.40. The molecule has 2 saturated heterocycles. The molecule has 34 heavy (non-hydrogen) atoms. The van der Waals surface area contributed by atoms with Crippen molar-refractivity contribution in [3.8, 4) is 0 Å². The molecule has 0 aliphatic carbocycles. The molecule has 2 heterocycles. The molecule has 8 heteroatoms. The van der Waals surface area contributed by atoms with Gasteiger partial charge in [-0.2, -0.15) is 0 Å². The molecule has 2 fully saturated rings. The highest BCUT2D eigenvalue weighted by Gasteiger charge is 2.24. The van der Waals surface area contributed by atoms with Gasteiger partial charge in [-0.25, -0.2) is 0 Å². The van der Waals surface area contributed by atoms with Crippen LogP contribution < -0.4 is 0 Å². The van der Waals surface area contributed by atoms with Crippen molar-refractivity contribution in [2.45, 2.75) is 25.9 Å². The number of hydrogen-bond donors (Lipinski definition) is 0. The Balaban J connectivity index is 0.00000204. The van der Waals surface area contributed by atoms with Gasteiger partial charge in [-0.1, -0.05) is 60.7 Å². The van der Waals surface area contributed by atoms with Crippen molar-refractivity contribution in [2.75, 3.05) is 52.4 Å². The van der Waals surface area contributed by atoms with Crippen LogP contribution in [0.2, 0.25) is 0 Å². The van der Waals surface area contributed by atoms with E-state index in [-0.39, 0.29) is 36.6 Å². The van der Waals surface area contributed by atoms with E-state index >= 15 is 0 Å². The van der Waals surface area contributed by atoms with E-state index in [1.54, 1.807) is 0 Å². The number of benzene rings is 2. The Morgan fingerprint density at radius 2 is 0.853 bits per heavy atom. The Kier molecular flexibility index (Phi) is 11.8. The lowest BCUT2D eigenvalue weighted by Gasteiger charge is -2.36. The summed E-state index contributed by atoms with van der Waals surface area (Å²) < 4.78 is 0. The van der Waals surface area contributed by atoms with Crippen LogP contribution >= 0.6 is 24.8 Å². The normalized spacial score (nSPS) is 16.9. The molecule has 2 aromatic carbocycles. The number of amides is 2. The third-order valence-corrected chi connectivity index (χ3v) is 6.50. The number of halogens is 2. The zero-order chi connectivity index (χ0) is 22.2. The smallest absolute Gasteiger partial charge is 0.223 e. The van der Waals surface area contributed by atoms with Crippen molar-refractivity contribution >= 4 is 36.6 Å². The molecule has 0 aromatic heterocycles. The van der Waals surface area contributed by atoms with Crippen LogP contribution in [-0.2, 0) is 22.7 Å². The summed E-state index contributed by atoms with van der Waals surface area (Å²) in [5.41, 5.74) is 2.61. The molecule has 2 aromatic rings. The van der Waals surface area contributed by atoms with E-state index < -0.39 is 0 Å². The largest absolute Gasteiger partial charge is 0.340 e. The Morgan fingerprint density at radius 3 is 1.18 bits per heavy atom. The van der Waals surface area contributed by atoms with Crippen molar-refractivity contribution < 1.29 is 9.59 Å². The quantitative estimate of drug-likeness (QED) is 0.577. The van der Waals surface area contributed by atoms with Crippen LogP contribution in [0.4, 0.5) is 0 Å². The Hall–Kier alpha value is -2.12. The summed E-state index contributed by atoms with van der Waals surface area (Å²) in [5.74, 6) is 0.223. The fourth-order valence-electron chi connectivity index (χ4n) is 4.52. The standard InChI is InChI=1S/C26H34N4O2.2ClH/c31-25(29-17-13-27(14-18-29)21-23-7-3-1-4-8-23)11-12-26(32)30-19-15-28(16-20-30)22-24-9-5-2-6-10-24;;/h1-10H,11-22H2;2*1H. The molecule has 2 amide bonds. The molecule has 186 valence electrons. The highest BCUT2D eigenvalue weighted by molar-refractivity contribution is 5.85. The van der Waals surface area contributed by atoms with Crippen LogP contribution in [-0.4, -0.2) is 83.8 Å². The number of carbonyl (C=O) groups excluding carboxylic acids is 2. The maximum absolute atomic E-state index is 12.6. The maximum Gasteiger partial charge on any atom is 0.223 e. The van der Waals surface area contributed by atoms with E-state index in [4.69, 9.17) is 0 Å². The van der Waals surface area contributed by atoms with E-state index in [1.807, 2.05) is 21.9 Å². The van der Waals surface area contributed by atoms with Crippen LogP contribution in [0.25, 0.3) is 0 Å². The summed E-state index contributed by atoms with van der Waals surface area (Å²) >= 11 is 0. The SMILES string of the molecule is Cl.Cl.O=C(CCC(=O)N1CCN(Cc2ccccc2)CC1)N1CCN(Cc2ccccc2)CC1. The molecule has 0 unspecified atom stereocenters. The second kappa shape index (κ2) is 14.3. The van der Waals surface area contributed by atoms with Crippen molar-refractivity contribution in [1.29, 1.82) is 0 Å². The second-order valence-corrected chi connectivity index (χ2v) is 8.79. The fraction of sp³-hybridized carbons (Fsp3) is 0.462. The van der Waals surface area contributed by atoms with Crippen LogP contribution in [0.1, 0.15) is 24.0 Å². The first-order valence-corrected chi connectivity index (χ1v) is 11.8. The van der Waals surface area contributed by atoms with E-state index in [0.29, 0.717) is 12.8 Å². The third kappa shape index (κ3) is 8.27. The molecule has 0 saturated carbocycles. The van der Waals surface area contributed by atoms with Gasteiger partial charge in [0, 0.05) is 78.3 Å². The minimum absolute atomic E-state index is 0. The fourth-order valence-corrected chi connectivity index (χ4v) is 4.52. The molecule has 0 N–H and O–H groups in total. The number of hydrogen-bond acceptors (Lipinski definition) is 4. The lowest BCUT2D eigenvalue weighted by atomic mass is 10.1. The first-order valence-electron chi connectivity index (χ1n) is 11.8. The molecular formula is C26H36Cl2N4O2. The molecule has 0 spiro atoms. The van der Waals surface area contributed by atoms with Crippen molar-refractivity contribution in [2.24, 2.45) is 0 Å². The van der Waals surface area contributed by atoms with Gasteiger partial charge in [0.1, 0.15) is 0 Å². The van der Waals surface area contributed by atoms with Gasteiger partial charge in [0.05, 0.1) is 0 Å². The Labute approximate surface area is 215 Å². The molecule has 0 atom stereocenters. The van der Waals surface area contributed by atoms with Crippen LogP contribution in [0.5, 0.6) is 0 Å². The number of piperazine rings is 2. The summed E-state index contributed by atoms with van der Waals surface area (Å²) in [7, 11) is 0. The predicted molar refractivity (Wildman–Crippen MR) is 140 cm³/mol. The molecular weight excluding hydrogens is 471 g/mol. The predicted octanol–water partition coefficient (Wildman–Crippen LogP) is 3.30. The van der Waals surface area contributed by atoms with E-state index in [1.165, 1.54) is 11.1 Å². The van der Waals surface area contributed by atoms with Crippen molar-refractivity contribution in [1.82, 2.24) is 19.6 Å². The van der Waals surface area contributed by atoms with E-state index in [9.17, 15) is 9.59 Å². The summed E-state index contributed by atoms with van der Waals surface area (Å²) in [4.78, 5) is 33.9. The lowest BCUT2D eigenvalue weighted by molar-refractivity contribution is -0.139. The van der Waals surface area contributed by atoms with Crippen LogP contribution in [0, 0.1) is 0 Å². The number of carbonyl (C=O) groups is 2. The number of rotatable bonds is 7. The average molecular weight is 508 g/mol. The molecule has 4 rings (SSSR count). The first kappa shape index (κ1) is 28.1. The van der Waals surface area contributed by atoms with Gasteiger partial charge in [0.15, 0.2) is 0 Å². The van der Waals surface area contributed by atoms with Gasteiger partial charge in [-0.3, -0.25) is 19.4 Å². The van der Waals surface area contributed by atoms with Gasteiger partial charge >= 0.3 is 0 Å². The van der Waals surface area contributed by atoms with Gasteiger partial charge in [0.2, 0.25) is 11.8 Å². The van der Waals surface area contributed by atoms with Crippen LogP contribution in [0.15, 0.2) is 60.7 Å². The van der Waals surface area contributed by atoms with Gasteiger partial charge in [-0.15, -0.1) is 24.8 Å². The zero-order valence-corrected chi connectivity index (χ0v) is 21.3. The number of nitrogens with zero attached hydrogens (tertiary/aromatic N) is 4. The second-order valence-electron chi connectivity index (χ2n) is 8.79. The monoisotopic (exact) mass is 506 g/mol. The summed E-state index contributed by atoms with van der Waals surface area (Å²) in [6, 6.07) is 20.9. The molecule has 2 aliphatic heterocycles. The van der Waals surface area contributed by atoms with Crippen molar-refractivity contribution in [3.05, 3.63) is 71.8 Å². The Morgan fingerprint density at radius 1 is 0.529 bits per heavy atom. The highest BCUT2D eigenvalue weighted by atomic mass is 35.5. The molecule has 0 bridgehead atoms.